The first-order valence-corrected chi connectivity index (χ1v) is 6.39. The van der Waals surface area contributed by atoms with Crippen LogP contribution in [0.4, 0.5) is 0 Å². The maximum Gasteiger partial charge on any atom is 0.179 e. The Balaban J connectivity index is 2.23. The van der Waals surface area contributed by atoms with Crippen LogP contribution in [-0.4, -0.2) is 29.3 Å². The summed E-state index contributed by atoms with van der Waals surface area (Å²) in [5.41, 5.74) is 2.88. The minimum Gasteiger partial charge on any atom is -0.329 e. The van der Waals surface area contributed by atoms with Gasteiger partial charge in [-0.25, -0.2) is 4.98 Å². The van der Waals surface area contributed by atoms with Gasteiger partial charge in [0.1, 0.15) is 6.33 Å². The zero-order chi connectivity index (χ0) is 13.6. The van der Waals surface area contributed by atoms with Crippen LogP contribution >= 0.6 is 12.2 Å². The third-order valence-electron chi connectivity index (χ3n) is 3.20. The quantitative estimate of drug-likeness (QED) is 0.727. The Morgan fingerprint density at radius 2 is 2.21 bits per heavy atom. The number of aromatic amines is 1. The Bertz CT molecular complexity index is 796. The van der Waals surface area contributed by atoms with Gasteiger partial charge < -0.3 is 9.55 Å². The molecular weight excluding hydrogens is 260 g/mol. The third-order valence-corrected chi connectivity index (χ3v) is 3.50. The average molecular weight is 274 g/mol. The van der Waals surface area contributed by atoms with E-state index in [1.54, 1.807) is 6.33 Å². The first kappa shape index (κ1) is 12.0. The summed E-state index contributed by atoms with van der Waals surface area (Å²) in [7, 11) is 1.92. The van der Waals surface area contributed by atoms with E-state index in [1.807, 2.05) is 42.3 Å². The molecule has 0 saturated carbocycles. The van der Waals surface area contributed by atoms with Gasteiger partial charge in [0.15, 0.2) is 16.2 Å². The fraction of sp³-hybridized carbons (Fsp3) is 0.333. The predicted molar refractivity (Wildman–Crippen MR) is 74.5 cm³/mol. The lowest BCUT2D eigenvalue weighted by atomic mass is 10.3. The molecule has 3 rings (SSSR count). The van der Waals surface area contributed by atoms with Crippen LogP contribution in [0.25, 0.3) is 11.2 Å². The van der Waals surface area contributed by atoms with Crippen molar-refractivity contribution in [2.45, 2.75) is 19.9 Å². The van der Waals surface area contributed by atoms with Crippen molar-refractivity contribution < 1.29 is 0 Å². The zero-order valence-electron chi connectivity index (χ0n) is 11.0. The van der Waals surface area contributed by atoms with Crippen LogP contribution in [0.3, 0.4) is 0 Å². The molecule has 3 aromatic rings. The molecule has 1 atom stereocenters. The van der Waals surface area contributed by atoms with Gasteiger partial charge in [0, 0.05) is 13.2 Å². The molecule has 3 heterocycles. The summed E-state index contributed by atoms with van der Waals surface area (Å²) in [6.07, 6.45) is 3.52. The second-order valence-corrected chi connectivity index (χ2v) is 5.05. The van der Waals surface area contributed by atoms with Crippen LogP contribution in [0.2, 0.25) is 0 Å². The van der Waals surface area contributed by atoms with Crippen LogP contribution in [0, 0.1) is 11.7 Å². The fourth-order valence-corrected chi connectivity index (χ4v) is 2.62. The first-order valence-electron chi connectivity index (χ1n) is 5.98. The number of fused-ring (bicyclic) bond motifs is 1. The standard InChI is InChI=1S/C12H14N6S/c1-7-4-9-11(13-5-7)18(12(19)15-9)8(2)10-16-14-6-17(10)3/h4-6,8H,1-3H3,(H,15,19). The van der Waals surface area contributed by atoms with E-state index in [0.29, 0.717) is 4.77 Å². The molecule has 0 fully saturated rings. The third kappa shape index (κ3) is 1.86. The van der Waals surface area contributed by atoms with E-state index in [0.717, 1.165) is 22.6 Å². The minimum absolute atomic E-state index is 0.0241. The molecule has 1 N–H and O–H groups in total. The number of aromatic nitrogens is 6. The molecule has 0 bridgehead atoms. The Kier molecular flexibility index (Phi) is 2.70. The van der Waals surface area contributed by atoms with Crippen LogP contribution in [0.5, 0.6) is 0 Å². The maximum atomic E-state index is 5.40. The van der Waals surface area contributed by atoms with Crippen LogP contribution in [0.15, 0.2) is 18.6 Å². The van der Waals surface area contributed by atoms with E-state index in [1.165, 1.54) is 0 Å². The van der Waals surface area contributed by atoms with Crippen molar-refractivity contribution in [1.29, 1.82) is 0 Å². The van der Waals surface area contributed by atoms with E-state index in [4.69, 9.17) is 12.2 Å². The summed E-state index contributed by atoms with van der Waals surface area (Å²) in [5.74, 6) is 0.847. The zero-order valence-corrected chi connectivity index (χ0v) is 11.8. The summed E-state index contributed by atoms with van der Waals surface area (Å²) in [6, 6.07) is 2.02. The van der Waals surface area contributed by atoms with Crippen molar-refractivity contribution >= 4 is 23.4 Å². The molecule has 19 heavy (non-hydrogen) atoms. The van der Waals surface area contributed by atoms with E-state index in [-0.39, 0.29) is 6.04 Å². The van der Waals surface area contributed by atoms with Crippen molar-refractivity contribution in [3.8, 4) is 0 Å². The molecule has 0 saturated heterocycles. The number of H-pyrrole nitrogens is 1. The van der Waals surface area contributed by atoms with E-state index < -0.39 is 0 Å². The molecule has 1 unspecified atom stereocenters. The molecule has 7 heteroatoms. The monoisotopic (exact) mass is 274 g/mol. The minimum atomic E-state index is -0.0241. The van der Waals surface area contributed by atoms with E-state index in [9.17, 15) is 0 Å². The highest BCUT2D eigenvalue weighted by atomic mass is 32.1. The summed E-state index contributed by atoms with van der Waals surface area (Å²) < 4.78 is 4.50. The molecule has 0 amide bonds. The second-order valence-electron chi connectivity index (χ2n) is 4.66. The van der Waals surface area contributed by atoms with Crippen molar-refractivity contribution in [3.63, 3.8) is 0 Å². The highest BCUT2D eigenvalue weighted by Crippen LogP contribution is 2.21. The Morgan fingerprint density at radius 1 is 1.42 bits per heavy atom. The topological polar surface area (TPSA) is 64.3 Å². The van der Waals surface area contributed by atoms with Crippen LogP contribution < -0.4 is 0 Å². The number of rotatable bonds is 2. The van der Waals surface area contributed by atoms with Gasteiger partial charge in [-0.1, -0.05) is 0 Å². The van der Waals surface area contributed by atoms with Gasteiger partial charge in [-0.05, 0) is 37.7 Å². The number of pyridine rings is 1. The van der Waals surface area contributed by atoms with Gasteiger partial charge in [-0.2, -0.15) is 0 Å². The lowest BCUT2D eigenvalue weighted by molar-refractivity contribution is 0.578. The summed E-state index contributed by atoms with van der Waals surface area (Å²) in [6.45, 7) is 4.04. The molecule has 0 aliphatic rings. The fourth-order valence-electron chi connectivity index (χ4n) is 2.26. The smallest absolute Gasteiger partial charge is 0.179 e. The largest absolute Gasteiger partial charge is 0.329 e. The normalized spacial score (nSPS) is 13.0. The van der Waals surface area contributed by atoms with Crippen molar-refractivity contribution in [2.75, 3.05) is 0 Å². The number of hydrogen-bond acceptors (Lipinski definition) is 4. The number of nitrogens with one attached hydrogen (secondary N) is 1. The SMILES string of the molecule is Cc1cnc2c(c1)[nH]c(=S)n2C(C)c1nncn1C. The predicted octanol–water partition coefficient (Wildman–Crippen LogP) is 2.14. The highest BCUT2D eigenvalue weighted by molar-refractivity contribution is 7.71. The molecule has 0 radical (unpaired) electrons. The van der Waals surface area contributed by atoms with Crippen molar-refractivity contribution in [3.05, 3.63) is 34.7 Å². The molecule has 0 aliphatic heterocycles. The van der Waals surface area contributed by atoms with Gasteiger partial charge in [-0.15, -0.1) is 10.2 Å². The molecular formula is C12H14N6S. The molecule has 6 nitrogen and oxygen atoms in total. The Labute approximate surface area is 115 Å². The molecule has 0 aliphatic carbocycles. The van der Waals surface area contributed by atoms with Gasteiger partial charge in [0.05, 0.1) is 11.6 Å². The van der Waals surface area contributed by atoms with E-state index >= 15 is 0 Å². The number of hydrogen-bond donors (Lipinski definition) is 1. The number of imidazole rings is 1. The Hall–Kier alpha value is -2.02. The van der Waals surface area contributed by atoms with E-state index in [2.05, 4.69) is 20.2 Å². The second kappa shape index (κ2) is 4.27. The van der Waals surface area contributed by atoms with Crippen molar-refractivity contribution in [2.24, 2.45) is 7.05 Å². The highest BCUT2D eigenvalue weighted by Gasteiger charge is 2.18. The van der Waals surface area contributed by atoms with Gasteiger partial charge in [0.25, 0.3) is 0 Å². The van der Waals surface area contributed by atoms with Gasteiger partial charge in [0.2, 0.25) is 0 Å². The molecule has 3 aromatic heterocycles. The van der Waals surface area contributed by atoms with Crippen LogP contribution in [-0.2, 0) is 7.05 Å². The molecule has 0 spiro atoms. The number of aryl methyl sites for hydroxylation is 2. The lowest BCUT2D eigenvalue weighted by Crippen LogP contribution is -2.12. The van der Waals surface area contributed by atoms with Gasteiger partial charge >= 0.3 is 0 Å². The lowest BCUT2D eigenvalue weighted by Gasteiger charge is -2.12. The summed E-state index contributed by atoms with van der Waals surface area (Å²) in [4.78, 5) is 7.66. The van der Waals surface area contributed by atoms with Crippen LogP contribution in [0.1, 0.15) is 24.4 Å². The Morgan fingerprint density at radius 3 is 2.89 bits per heavy atom. The maximum absolute atomic E-state index is 5.40. The van der Waals surface area contributed by atoms with Crippen molar-refractivity contribution in [1.82, 2.24) is 29.3 Å². The van der Waals surface area contributed by atoms with Gasteiger partial charge in [-0.3, -0.25) is 4.57 Å². The molecule has 0 aromatic carbocycles. The summed E-state index contributed by atoms with van der Waals surface area (Å²) in [5, 5.41) is 8.05. The summed E-state index contributed by atoms with van der Waals surface area (Å²) >= 11 is 5.40. The average Bonchev–Trinajstić information content (AvgIpc) is 2.90. The number of nitrogens with zero attached hydrogens (tertiary/aromatic N) is 5. The first-order chi connectivity index (χ1) is 9.08. The molecule has 98 valence electrons.